The van der Waals surface area contributed by atoms with Crippen LogP contribution in [0.5, 0.6) is 11.5 Å². The van der Waals surface area contributed by atoms with Crippen molar-refractivity contribution in [2.24, 2.45) is 4.99 Å². The molecule has 0 saturated heterocycles. The third-order valence-electron chi connectivity index (χ3n) is 5.39. The van der Waals surface area contributed by atoms with E-state index in [0.29, 0.717) is 6.42 Å². The summed E-state index contributed by atoms with van der Waals surface area (Å²) >= 11 is 0. The minimum Gasteiger partial charge on any atom is -0.497 e. The number of hydrogen-bond acceptors (Lipinski definition) is 4. The minimum absolute atomic E-state index is 0.0582. The molecule has 3 aromatic carbocycles. The summed E-state index contributed by atoms with van der Waals surface area (Å²) in [7, 11) is 5.00. The van der Waals surface area contributed by atoms with Crippen molar-refractivity contribution in [3.8, 4) is 11.5 Å². The lowest BCUT2D eigenvalue weighted by atomic mass is 9.92. The number of allylic oxidation sites excluding steroid dienone is 1. The molecule has 0 atom stereocenters. The average molecular weight is 460 g/mol. The largest absolute Gasteiger partial charge is 0.497 e. The molecule has 0 spiro atoms. The van der Waals surface area contributed by atoms with Crippen LogP contribution >= 0.6 is 0 Å². The third-order valence-corrected chi connectivity index (χ3v) is 5.39. The van der Waals surface area contributed by atoms with Gasteiger partial charge in [-0.15, -0.1) is 0 Å². The highest BCUT2D eigenvalue weighted by Gasteiger charge is 2.16. The van der Waals surface area contributed by atoms with Crippen molar-refractivity contribution < 1.29 is 19.4 Å². The van der Waals surface area contributed by atoms with Gasteiger partial charge in [0.25, 0.3) is 0 Å². The molecule has 0 unspecified atom stereocenters. The van der Waals surface area contributed by atoms with Crippen LogP contribution in [0, 0.1) is 6.92 Å². The van der Waals surface area contributed by atoms with E-state index in [4.69, 9.17) is 9.47 Å². The number of carboxylic acids is 1. The molecule has 0 heterocycles. The van der Waals surface area contributed by atoms with Crippen LogP contribution < -0.4 is 9.47 Å². The molecule has 0 bridgehead atoms. The molecule has 0 radical (unpaired) electrons. The fourth-order valence-corrected chi connectivity index (χ4v) is 3.40. The van der Waals surface area contributed by atoms with E-state index in [2.05, 4.69) is 11.9 Å². The van der Waals surface area contributed by atoms with Crippen molar-refractivity contribution in [2.45, 2.75) is 26.7 Å². The maximum atomic E-state index is 11.4. The van der Waals surface area contributed by atoms with E-state index in [1.807, 2.05) is 85.8 Å². The van der Waals surface area contributed by atoms with Gasteiger partial charge in [-0.1, -0.05) is 60.2 Å². The summed E-state index contributed by atoms with van der Waals surface area (Å²) < 4.78 is 10.2. The summed E-state index contributed by atoms with van der Waals surface area (Å²) in [4.78, 5) is 15.8. The van der Waals surface area contributed by atoms with Gasteiger partial charge in [-0.05, 0) is 60.4 Å². The number of nitrogens with zero attached hydrogens (tertiary/aromatic N) is 1. The molecule has 0 fully saturated rings. The summed E-state index contributed by atoms with van der Waals surface area (Å²) in [5, 5.41) is 9.36. The first-order chi connectivity index (χ1) is 16.4. The van der Waals surface area contributed by atoms with Gasteiger partial charge >= 0.3 is 5.97 Å². The first-order valence-electron chi connectivity index (χ1n) is 11.0. The van der Waals surface area contributed by atoms with E-state index >= 15 is 0 Å². The number of methoxy groups -OCH3 is 2. The monoisotopic (exact) mass is 459 g/mol. The predicted octanol–water partition coefficient (Wildman–Crippen LogP) is 6.26. The Morgan fingerprint density at radius 1 is 0.853 bits per heavy atom. The summed E-state index contributed by atoms with van der Waals surface area (Å²) in [6.07, 6.45) is 0.546. The summed E-state index contributed by atoms with van der Waals surface area (Å²) in [5.41, 5.74) is 5.79. The molecule has 3 rings (SSSR count). The Morgan fingerprint density at radius 2 is 1.38 bits per heavy atom. The molecule has 0 aliphatic heterocycles. The fraction of sp³-hybridized carbons (Fsp3) is 0.241. The van der Waals surface area contributed by atoms with E-state index in [0.717, 1.165) is 39.5 Å². The molecule has 34 heavy (non-hydrogen) atoms. The highest BCUT2D eigenvalue weighted by molar-refractivity contribution is 6.09. The van der Waals surface area contributed by atoms with Gasteiger partial charge in [0.2, 0.25) is 0 Å². The summed E-state index contributed by atoms with van der Waals surface area (Å²) in [6, 6.07) is 25.5. The number of benzene rings is 3. The Kier molecular flexibility index (Phi) is 10.6. The SMILES string of the molecule is CN=C(Cc1ccccc1)/C(CC(=O)O)=C(\C)c1ccc(OC)cc1.COc1ccc(C)cc1. The molecular weight excluding hydrogens is 426 g/mol. The lowest BCUT2D eigenvalue weighted by Crippen LogP contribution is -2.13. The van der Waals surface area contributed by atoms with Gasteiger partial charge < -0.3 is 14.6 Å². The second-order valence-corrected chi connectivity index (χ2v) is 7.75. The van der Waals surface area contributed by atoms with Gasteiger partial charge in [-0.2, -0.15) is 0 Å². The van der Waals surface area contributed by atoms with E-state index in [1.54, 1.807) is 21.3 Å². The van der Waals surface area contributed by atoms with Gasteiger partial charge in [0.1, 0.15) is 11.5 Å². The molecule has 0 saturated carbocycles. The lowest BCUT2D eigenvalue weighted by molar-refractivity contribution is -0.136. The Labute approximate surface area is 202 Å². The number of aliphatic carboxylic acids is 1. The lowest BCUT2D eigenvalue weighted by Gasteiger charge is -2.14. The average Bonchev–Trinajstić information content (AvgIpc) is 2.87. The molecule has 5 nitrogen and oxygen atoms in total. The van der Waals surface area contributed by atoms with Crippen molar-refractivity contribution in [1.82, 2.24) is 0 Å². The van der Waals surface area contributed by atoms with E-state index in [-0.39, 0.29) is 6.42 Å². The van der Waals surface area contributed by atoms with E-state index in [9.17, 15) is 9.90 Å². The molecular formula is C29H33NO4. The van der Waals surface area contributed by atoms with Crippen molar-refractivity contribution >= 4 is 17.3 Å². The number of rotatable bonds is 8. The van der Waals surface area contributed by atoms with Crippen molar-refractivity contribution in [2.75, 3.05) is 21.3 Å². The van der Waals surface area contributed by atoms with E-state index in [1.165, 1.54) is 5.56 Å². The van der Waals surface area contributed by atoms with E-state index < -0.39 is 5.97 Å². The standard InChI is InChI=1S/C21H23NO3.C8H10O/c1-15(17-9-11-18(25-3)12-10-17)19(14-21(23)24)20(22-2)13-16-7-5-4-6-8-16;1-7-3-5-8(9-2)6-4-7/h4-12H,13-14H2,1-3H3,(H,23,24);3-6H,1-2H3/b19-15+,22-20?;. The predicted molar refractivity (Wildman–Crippen MR) is 139 cm³/mol. The van der Waals surface area contributed by atoms with Crippen LogP contribution in [-0.2, 0) is 11.2 Å². The Balaban J connectivity index is 0.000000379. The minimum atomic E-state index is -0.864. The zero-order valence-electron chi connectivity index (χ0n) is 20.5. The molecule has 178 valence electrons. The van der Waals surface area contributed by atoms with Crippen LogP contribution in [0.1, 0.15) is 30.0 Å². The van der Waals surface area contributed by atoms with Gasteiger partial charge in [-0.25, -0.2) is 0 Å². The zero-order chi connectivity index (χ0) is 24.9. The maximum Gasteiger partial charge on any atom is 0.307 e. The van der Waals surface area contributed by atoms with Crippen LogP contribution in [0.3, 0.4) is 0 Å². The van der Waals surface area contributed by atoms with Crippen LogP contribution in [-0.4, -0.2) is 38.1 Å². The normalized spacial score (nSPS) is 11.6. The number of aryl methyl sites for hydroxylation is 1. The molecule has 5 heteroatoms. The quantitative estimate of drug-likeness (QED) is 0.404. The smallest absolute Gasteiger partial charge is 0.307 e. The highest BCUT2D eigenvalue weighted by atomic mass is 16.5. The zero-order valence-corrected chi connectivity index (χ0v) is 20.5. The van der Waals surface area contributed by atoms with Gasteiger partial charge in [-0.3, -0.25) is 9.79 Å². The molecule has 1 N–H and O–H groups in total. The Morgan fingerprint density at radius 3 is 1.85 bits per heavy atom. The number of carboxylic acid groups (broad SMARTS) is 1. The summed E-state index contributed by atoms with van der Waals surface area (Å²) in [5.74, 6) is 0.822. The molecule has 0 aromatic heterocycles. The number of ether oxygens (including phenoxy) is 2. The van der Waals surface area contributed by atoms with Gasteiger partial charge in [0, 0.05) is 19.2 Å². The van der Waals surface area contributed by atoms with Crippen LogP contribution in [0.2, 0.25) is 0 Å². The summed E-state index contributed by atoms with van der Waals surface area (Å²) in [6.45, 7) is 4.00. The topological polar surface area (TPSA) is 68.1 Å². The molecule has 3 aromatic rings. The van der Waals surface area contributed by atoms with Crippen molar-refractivity contribution in [3.05, 3.63) is 101 Å². The Hall–Kier alpha value is -3.86. The second-order valence-electron chi connectivity index (χ2n) is 7.75. The van der Waals surface area contributed by atoms with Gasteiger partial charge in [0.15, 0.2) is 0 Å². The van der Waals surface area contributed by atoms with Crippen molar-refractivity contribution in [1.29, 1.82) is 0 Å². The highest BCUT2D eigenvalue weighted by Crippen LogP contribution is 2.25. The second kappa shape index (κ2) is 13.6. The first-order valence-corrected chi connectivity index (χ1v) is 11.0. The van der Waals surface area contributed by atoms with Crippen molar-refractivity contribution in [3.63, 3.8) is 0 Å². The number of aliphatic imine (C=N–C) groups is 1. The third kappa shape index (κ3) is 8.24. The Bertz CT molecular complexity index is 1100. The van der Waals surface area contributed by atoms with Crippen LogP contribution in [0.15, 0.2) is 89.4 Å². The first kappa shape index (κ1) is 26.4. The van der Waals surface area contributed by atoms with Crippen LogP contribution in [0.4, 0.5) is 0 Å². The maximum absolute atomic E-state index is 11.4. The fourth-order valence-electron chi connectivity index (χ4n) is 3.40. The molecule has 0 aliphatic rings. The molecule has 0 amide bonds. The molecule has 0 aliphatic carbocycles. The number of carbonyl (C=O) groups is 1. The van der Waals surface area contributed by atoms with Crippen LogP contribution in [0.25, 0.3) is 5.57 Å². The number of hydrogen-bond donors (Lipinski definition) is 1. The van der Waals surface area contributed by atoms with Gasteiger partial charge in [0.05, 0.1) is 20.6 Å².